The molecule has 0 aliphatic rings. The molecule has 1 N–H and O–H groups in total. The van der Waals surface area contributed by atoms with Gasteiger partial charge in [-0.2, -0.15) is 0 Å². The molecule has 7 heteroatoms. The highest BCUT2D eigenvalue weighted by Gasteiger charge is 2.27. The molecule has 0 spiro atoms. The summed E-state index contributed by atoms with van der Waals surface area (Å²) in [4.78, 5) is 12.9. The van der Waals surface area contributed by atoms with Gasteiger partial charge in [0.05, 0.1) is 17.7 Å². The van der Waals surface area contributed by atoms with Crippen molar-refractivity contribution in [1.29, 1.82) is 0 Å². The van der Waals surface area contributed by atoms with Gasteiger partial charge in [-0.15, -0.1) is 0 Å². The second-order valence-electron chi connectivity index (χ2n) is 7.12. The van der Waals surface area contributed by atoms with Crippen LogP contribution in [0.3, 0.4) is 0 Å². The second kappa shape index (κ2) is 9.66. The van der Waals surface area contributed by atoms with Crippen molar-refractivity contribution in [3.8, 4) is 5.75 Å². The van der Waals surface area contributed by atoms with E-state index in [1.54, 1.807) is 48.5 Å². The number of hydrogen-bond acceptors (Lipinski definition) is 4. The molecule has 3 aromatic carbocycles. The summed E-state index contributed by atoms with van der Waals surface area (Å²) < 4.78 is 33.0. The molecule has 0 saturated heterocycles. The summed E-state index contributed by atoms with van der Waals surface area (Å²) in [6.45, 7) is 3.57. The van der Waals surface area contributed by atoms with Gasteiger partial charge in [0.2, 0.25) is 5.91 Å². The fourth-order valence-corrected chi connectivity index (χ4v) is 4.48. The maximum atomic E-state index is 13.4. The number of anilines is 2. The van der Waals surface area contributed by atoms with Gasteiger partial charge >= 0.3 is 0 Å². The number of nitrogens with zero attached hydrogens (tertiary/aromatic N) is 1. The van der Waals surface area contributed by atoms with Crippen LogP contribution in [0, 0.1) is 6.92 Å². The lowest BCUT2D eigenvalue weighted by Gasteiger charge is -2.24. The lowest BCUT2D eigenvalue weighted by Crippen LogP contribution is -2.38. The number of rotatable bonds is 8. The van der Waals surface area contributed by atoms with Crippen LogP contribution in [0.5, 0.6) is 5.75 Å². The topological polar surface area (TPSA) is 75.7 Å². The number of sulfonamides is 1. The van der Waals surface area contributed by atoms with Crippen LogP contribution in [-0.2, 0) is 21.2 Å². The Balaban J connectivity index is 1.90. The minimum atomic E-state index is -3.96. The lowest BCUT2D eigenvalue weighted by atomic mass is 10.1. The monoisotopic (exact) mass is 438 g/mol. The standard InChI is InChI=1S/C24H26N2O4S/c1-4-19-7-9-20(10-8-19)25-24(27)17-26(21-11-13-22(30-3)14-12-21)31(28,29)23-15-5-18(2)6-16-23/h5-16H,4,17H2,1-3H3,(H,25,27). The predicted octanol–water partition coefficient (Wildman–Crippen LogP) is 4.40. The van der Waals surface area contributed by atoms with Crippen LogP contribution < -0.4 is 14.4 Å². The molecule has 0 aliphatic heterocycles. The normalized spacial score (nSPS) is 11.1. The maximum absolute atomic E-state index is 13.4. The molecule has 0 heterocycles. The van der Waals surface area contributed by atoms with Gasteiger partial charge in [0.15, 0.2) is 0 Å². The summed E-state index contributed by atoms with van der Waals surface area (Å²) in [5.74, 6) is 0.160. The summed E-state index contributed by atoms with van der Waals surface area (Å²) in [7, 11) is -2.42. The minimum Gasteiger partial charge on any atom is -0.497 e. The molecule has 0 bridgehead atoms. The number of amides is 1. The molecule has 31 heavy (non-hydrogen) atoms. The Morgan fingerprint density at radius 3 is 2.10 bits per heavy atom. The number of ether oxygens (including phenoxy) is 1. The average molecular weight is 439 g/mol. The van der Waals surface area contributed by atoms with Crippen LogP contribution in [0.15, 0.2) is 77.7 Å². The molecule has 0 aromatic heterocycles. The van der Waals surface area contributed by atoms with Crippen LogP contribution in [0.1, 0.15) is 18.1 Å². The van der Waals surface area contributed by atoms with E-state index < -0.39 is 15.9 Å². The van der Waals surface area contributed by atoms with E-state index in [2.05, 4.69) is 12.2 Å². The summed E-state index contributed by atoms with van der Waals surface area (Å²) in [6.07, 6.45) is 0.897. The lowest BCUT2D eigenvalue weighted by molar-refractivity contribution is -0.114. The van der Waals surface area contributed by atoms with Crippen molar-refractivity contribution in [2.45, 2.75) is 25.2 Å². The highest BCUT2D eigenvalue weighted by atomic mass is 32.2. The van der Waals surface area contributed by atoms with E-state index in [1.165, 1.54) is 7.11 Å². The van der Waals surface area contributed by atoms with E-state index in [4.69, 9.17) is 4.74 Å². The van der Waals surface area contributed by atoms with E-state index in [9.17, 15) is 13.2 Å². The Kier molecular flexibility index (Phi) is 6.97. The van der Waals surface area contributed by atoms with E-state index >= 15 is 0 Å². The quantitative estimate of drug-likeness (QED) is 0.566. The zero-order valence-corrected chi connectivity index (χ0v) is 18.6. The molecule has 3 aromatic rings. The molecule has 3 rings (SSSR count). The van der Waals surface area contributed by atoms with Crippen LogP contribution >= 0.6 is 0 Å². The molecule has 0 saturated carbocycles. The van der Waals surface area contributed by atoms with Gasteiger partial charge in [-0.25, -0.2) is 8.42 Å². The number of carbonyl (C=O) groups excluding carboxylic acids is 1. The van der Waals surface area contributed by atoms with Crippen molar-refractivity contribution in [3.05, 3.63) is 83.9 Å². The summed E-state index contributed by atoms with van der Waals surface area (Å²) >= 11 is 0. The first-order valence-corrected chi connectivity index (χ1v) is 11.4. The smallest absolute Gasteiger partial charge is 0.264 e. The van der Waals surface area contributed by atoms with Crippen LogP contribution in [0.4, 0.5) is 11.4 Å². The zero-order valence-electron chi connectivity index (χ0n) is 17.8. The fourth-order valence-electron chi connectivity index (χ4n) is 3.06. The first-order chi connectivity index (χ1) is 14.8. The van der Waals surface area contributed by atoms with Gasteiger partial charge < -0.3 is 10.1 Å². The zero-order chi connectivity index (χ0) is 22.4. The number of aryl methyl sites for hydroxylation is 2. The predicted molar refractivity (Wildman–Crippen MR) is 123 cm³/mol. The summed E-state index contributed by atoms with van der Waals surface area (Å²) in [5, 5.41) is 2.78. The van der Waals surface area contributed by atoms with Gasteiger partial charge in [-0.05, 0) is 67.4 Å². The first-order valence-electron chi connectivity index (χ1n) is 9.95. The molecular formula is C24H26N2O4S. The van der Waals surface area contributed by atoms with Crippen molar-refractivity contribution in [2.24, 2.45) is 0 Å². The maximum Gasteiger partial charge on any atom is 0.264 e. The van der Waals surface area contributed by atoms with Gasteiger partial charge in [-0.1, -0.05) is 36.8 Å². The number of nitrogens with one attached hydrogen (secondary N) is 1. The molecule has 0 atom stereocenters. The van der Waals surface area contributed by atoms with E-state index in [1.807, 2.05) is 31.2 Å². The van der Waals surface area contributed by atoms with Gasteiger partial charge in [0.25, 0.3) is 10.0 Å². The van der Waals surface area contributed by atoms with Crippen LogP contribution in [-0.4, -0.2) is 28.0 Å². The largest absolute Gasteiger partial charge is 0.497 e. The Hall–Kier alpha value is -3.32. The van der Waals surface area contributed by atoms with Gasteiger partial charge in [0, 0.05) is 5.69 Å². The van der Waals surface area contributed by atoms with E-state index in [0.29, 0.717) is 17.1 Å². The molecule has 0 fully saturated rings. The Labute approximate surface area is 183 Å². The molecular weight excluding hydrogens is 412 g/mol. The Morgan fingerprint density at radius 2 is 1.55 bits per heavy atom. The van der Waals surface area contributed by atoms with E-state index in [-0.39, 0.29) is 11.4 Å². The minimum absolute atomic E-state index is 0.119. The Morgan fingerprint density at radius 1 is 0.935 bits per heavy atom. The van der Waals surface area contributed by atoms with Crippen molar-refractivity contribution in [2.75, 3.05) is 23.3 Å². The Bertz CT molecular complexity index is 1120. The number of hydrogen-bond donors (Lipinski definition) is 1. The van der Waals surface area contributed by atoms with Crippen LogP contribution in [0.25, 0.3) is 0 Å². The fraction of sp³-hybridized carbons (Fsp3) is 0.208. The third-order valence-electron chi connectivity index (χ3n) is 4.90. The molecule has 6 nitrogen and oxygen atoms in total. The van der Waals surface area contributed by atoms with Crippen molar-refractivity contribution in [1.82, 2.24) is 0 Å². The summed E-state index contributed by atoms with van der Waals surface area (Å²) in [6, 6.07) is 20.6. The third kappa shape index (κ3) is 5.44. The van der Waals surface area contributed by atoms with Gasteiger partial charge in [0.1, 0.15) is 12.3 Å². The van der Waals surface area contributed by atoms with Crippen LogP contribution in [0.2, 0.25) is 0 Å². The highest BCUT2D eigenvalue weighted by molar-refractivity contribution is 7.92. The highest BCUT2D eigenvalue weighted by Crippen LogP contribution is 2.26. The van der Waals surface area contributed by atoms with Crippen molar-refractivity contribution >= 4 is 27.3 Å². The molecule has 0 radical (unpaired) electrons. The average Bonchev–Trinajstić information content (AvgIpc) is 2.78. The number of benzene rings is 3. The van der Waals surface area contributed by atoms with E-state index in [0.717, 1.165) is 21.9 Å². The molecule has 162 valence electrons. The SMILES string of the molecule is CCc1ccc(NC(=O)CN(c2ccc(OC)cc2)S(=O)(=O)c2ccc(C)cc2)cc1. The van der Waals surface area contributed by atoms with Crippen molar-refractivity contribution < 1.29 is 17.9 Å². The summed E-state index contributed by atoms with van der Waals surface area (Å²) in [5.41, 5.74) is 3.09. The molecule has 0 aliphatic carbocycles. The molecule has 1 amide bonds. The number of carbonyl (C=O) groups is 1. The third-order valence-corrected chi connectivity index (χ3v) is 6.69. The first kappa shape index (κ1) is 22.4. The molecule has 0 unspecified atom stereocenters. The van der Waals surface area contributed by atoms with Gasteiger partial charge in [-0.3, -0.25) is 9.10 Å². The second-order valence-corrected chi connectivity index (χ2v) is 8.98. The van der Waals surface area contributed by atoms with Crippen molar-refractivity contribution in [3.63, 3.8) is 0 Å². The number of methoxy groups -OCH3 is 1.